The molecular weight excluding hydrogens is 1400 g/mol. The number of hydrogen-bond acceptors (Lipinski definition) is 2. The molecule has 0 saturated carbocycles. The molecule has 0 aliphatic carbocycles. The zero-order valence-corrected chi connectivity index (χ0v) is 64.0. The van der Waals surface area contributed by atoms with E-state index in [1.807, 2.05) is 0 Å². The Bertz CT molecular complexity index is 6540. The zero-order chi connectivity index (χ0) is 77.4. The number of aromatic nitrogens is 2. The number of benzene rings is 18. The van der Waals surface area contributed by atoms with Gasteiger partial charge in [0.15, 0.2) is 0 Å². The lowest BCUT2D eigenvalue weighted by atomic mass is 9.98. The molecule has 0 aliphatic rings. The van der Waals surface area contributed by atoms with Crippen molar-refractivity contribution in [2.75, 3.05) is 9.80 Å². The molecule has 18 aromatic carbocycles. The lowest BCUT2D eigenvalue weighted by Gasteiger charge is -2.26. The molecule has 0 radical (unpaired) electrons. The van der Waals surface area contributed by atoms with Crippen LogP contribution in [0.25, 0.3) is 145 Å². The second-order valence-electron chi connectivity index (χ2n) is 29.1. The molecule has 20 aromatic rings. The summed E-state index contributed by atoms with van der Waals surface area (Å²) in [5.41, 5.74) is 35.0. The van der Waals surface area contributed by atoms with Gasteiger partial charge >= 0.3 is 0 Å². The third kappa shape index (κ3) is 14.5. The van der Waals surface area contributed by atoms with Crippen LogP contribution in [-0.4, -0.2) is 9.13 Å². The van der Waals surface area contributed by atoms with Crippen molar-refractivity contribution in [2.24, 2.45) is 0 Å². The van der Waals surface area contributed by atoms with E-state index in [1.54, 1.807) is 0 Å². The molecule has 4 heteroatoms. The number of fused-ring (bicyclic) bond motifs is 2. The van der Waals surface area contributed by atoms with E-state index >= 15 is 0 Å². The average molecular weight is 1480 g/mol. The third-order valence-electron chi connectivity index (χ3n) is 22.0. The molecule has 0 unspecified atom stereocenters. The molecule has 4 nitrogen and oxygen atoms in total. The standard InChI is InChI=1S/2C56H40N2/c1-5-17-41(18-6-1)43-31-35-49(36-32-43)57(50-37-33-44(34-38-50)42-19-7-2-8-20-42)51-27-15-25-47(39-51)48-26-16-28-52(40-48)58-54-30-14-13-29-53(54)55(45-21-9-3-10-22-45)56(58)46-23-11-4-12-24-46;1-5-16-41(17-6-1)43-28-34-49(35-29-43)57(50-36-30-44(31-37-50)42-18-7-2-8-19-42)52-25-15-24-48(40-52)45-32-38-51(39-33-45)58-54-27-14-13-26-53(54)55(46-20-9-3-10-21-46)56(58)47-22-11-4-12-23-47/h2*1-40H. The monoisotopic (exact) mass is 1480 g/mol. The van der Waals surface area contributed by atoms with Gasteiger partial charge < -0.3 is 18.9 Å². The van der Waals surface area contributed by atoms with Gasteiger partial charge in [-0.3, -0.25) is 0 Å². The van der Waals surface area contributed by atoms with Gasteiger partial charge in [-0.05, 0) is 198 Å². The van der Waals surface area contributed by atoms with Crippen LogP contribution in [0.2, 0.25) is 0 Å². The highest BCUT2D eigenvalue weighted by atomic mass is 15.1. The lowest BCUT2D eigenvalue weighted by Crippen LogP contribution is -2.10. The molecule has 116 heavy (non-hydrogen) atoms. The van der Waals surface area contributed by atoms with Crippen molar-refractivity contribution >= 4 is 55.9 Å². The zero-order valence-electron chi connectivity index (χ0n) is 64.0. The van der Waals surface area contributed by atoms with Crippen LogP contribution < -0.4 is 9.80 Å². The lowest BCUT2D eigenvalue weighted by molar-refractivity contribution is 1.14. The number of anilines is 6. The summed E-state index contributed by atoms with van der Waals surface area (Å²) in [6.45, 7) is 0. The van der Waals surface area contributed by atoms with Gasteiger partial charge in [-0.25, -0.2) is 0 Å². The van der Waals surface area contributed by atoms with Gasteiger partial charge in [0.25, 0.3) is 0 Å². The van der Waals surface area contributed by atoms with Crippen LogP contribution in [0.4, 0.5) is 34.1 Å². The minimum Gasteiger partial charge on any atom is -0.310 e. The summed E-state index contributed by atoms with van der Waals surface area (Å²) in [6.07, 6.45) is 0. The number of rotatable bonds is 18. The van der Waals surface area contributed by atoms with Crippen LogP contribution in [0.1, 0.15) is 0 Å². The van der Waals surface area contributed by atoms with E-state index in [2.05, 4.69) is 504 Å². The molecule has 0 atom stereocenters. The van der Waals surface area contributed by atoms with Gasteiger partial charge in [0.2, 0.25) is 0 Å². The molecule has 0 fully saturated rings. The van der Waals surface area contributed by atoms with Crippen molar-refractivity contribution in [1.29, 1.82) is 0 Å². The Kier molecular flexibility index (Phi) is 19.9. The summed E-state index contributed by atoms with van der Waals surface area (Å²) >= 11 is 0. The fourth-order valence-electron chi connectivity index (χ4n) is 16.5. The maximum atomic E-state index is 2.44. The molecule has 2 aromatic heterocycles. The molecule has 0 spiro atoms. The summed E-state index contributed by atoms with van der Waals surface area (Å²) in [7, 11) is 0. The van der Waals surface area contributed by atoms with Crippen LogP contribution in [-0.2, 0) is 0 Å². The minimum atomic E-state index is 1.09. The van der Waals surface area contributed by atoms with Gasteiger partial charge in [0, 0.05) is 67.4 Å². The van der Waals surface area contributed by atoms with Gasteiger partial charge in [-0.15, -0.1) is 0 Å². The van der Waals surface area contributed by atoms with Gasteiger partial charge in [0.1, 0.15) is 0 Å². The van der Waals surface area contributed by atoms with Crippen molar-refractivity contribution in [3.8, 4) is 123 Å². The molecule has 0 aliphatic heterocycles. The number of hydrogen-bond donors (Lipinski definition) is 0. The van der Waals surface area contributed by atoms with Gasteiger partial charge in [0.05, 0.1) is 22.4 Å². The minimum absolute atomic E-state index is 1.09. The molecule has 0 amide bonds. The van der Waals surface area contributed by atoms with E-state index in [0.29, 0.717) is 0 Å². The highest BCUT2D eigenvalue weighted by molar-refractivity contribution is 6.07. The third-order valence-corrected chi connectivity index (χ3v) is 22.0. The van der Waals surface area contributed by atoms with Crippen molar-refractivity contribution < 1.29 is 0 Å². The first-order valence-corrected chi connectivity index (χ1v) is 39.7. The number of para-hydroxylation sites is 2. The fraction of sp³-hybridized carbons (Fsp3) is 0. The first kappa shape index (κ1) is 71.0. The highest BCUT2D eigenvalue weighted by Gasteiger charge is 2.25. The Balaban J connectivity index is 0.000000155. The van der Waals surface area contributed by atoms with Crippen molar-refractivity contribution in [3.05, 3.63) is 485 Å². The van der Waals surface area contributed by atoms with E-state index in [1.165, 1.54) is 111 Å². The second-order valence-corrected chi connectivity index (χ2v) is 29.1. The Morgan fingerprint density at radius 2 is 0.371 bits per heavy atom. The van der Waals surface area contributed by atoms with Crippen molar-refractivity contribution in [1.82, 2.24) is 9.13 Å². The van der Waals surface area contributed by atoms with Gasteiger partial charge in [-0.1, -0.05) is 376 Å². The molecule has 548 valence electrons. The van der Waals surface area contributed by atoms with E-state index in [-0.39, 0.29) is 0 Å². The van der Waals surface area contributed by atoms with Crippen molar-refractivity contribution in [2.45, 2.75) is 0 Å². The predicted molar refractivity (Wildman–Crippen MR) is 490 cm³/mol. The Morgan fingerprint density at radius 1 is 0.138 bits per heavy atom. The Hall–Kier alpha value is -15.4. The van der Waals surface area contributed by atoms with Crippen LogP contribution in [0.15, 0.2) is 485 Å². The van der Waals surface area contributed by atoms with Crippen LogP contribution in [0.3, 0.4) is 0 Å². The van der Waals surface area contributed by atoms with Crippen LogP contribution in [0.5, 0.6) is 0 Å². The van der Waals surface area contributed by atoms with Crippen molar-refractivity contribution in [3.63, 3.8) is 0 Å². The first-order chi connectivity index (χ1) is 57.6. The molecular formula is C112H80N4. The highest BCUT2D eigenvalue weighted by Crippen LogP contribution is 2.47. The summed E-state index contributed by atoms with van der Waals surface area (Å²) in [6, 6.07) is 174. The van der Waals surface area contributed by atoms with E-state index in [0.717, 1.165) is 67.8 Å². The maximum Gasteiger partial charge on any atom is 0.0619 e. The summed E-state index contributed by atoms with van der Waals surface area (Å²) in [4.78, 5) is 4.71. The predicted octanol–water partition coefficient (Wildman–Crippen LogP) is 30.9. The topological polar surface area (TPSA) is 16.3 Å². The molecule has 20 rings (SSSR count). The van der Waals surface area contributed by atoms with Crippen LogP contribution in [0, 0.1) is 0 Å². The second kappa shape index (κ2) is 32.5. The summed E-state index contributed by atoms with van der Waals surface area (Å²) in [5.74, 6) is 0. The van der Waals surface area contributed by atoms with E-state index in [4.69, 9.17) is 0 Å². The summed E-state index contributed by atoms with van der Waals surface area (Å²) < 4.78 is 4.86. The molecule has 0 saturated heterocycles. The fourth-order valence-corrected chi connectivity index (χ4v) is 16.5. The van der Waals surface area contributed by atoms with E-state index < -0.39 is 0 Å². The Morgan fingerprint density at radius 3 is 0.707 bits per heavy atom. The molecule has 2 heterocycles. The van der Waals surface area contributed by atoms with Gasteiger partial charge in [-0.2, -0.15) is 0 Å². The average Bonchev–Trinajstić information content (AvgIpc) is 1.59. The van der Waals surface area contributed by atoms with Crippen LogP contribution >= 0.6 is 0 Å². The normalized spacial score (nSPS) is 11.1. The first-order valence-electron chi connectivity index (χ1n) is 39.7. The molecule has 0 N–H and O–H groups in total. The quantitative estimate of drug-likeness (QED) is 0.0851. The van der Waals surface area contributed by atoms with E-state index in [9.17, 15) is 0 Å². The molecule has 0 bridgehead atoms. The SMILES string of the molecule is c1ccc(-c2ccc(N(c3ccc(-c4ccccc4)cc3)c3cccc(-c4ccc(-n5c(-c6ccccc6)c(-c6ccccc6)c6ccccc65)cc4)c3)cc2)cc1.c1ccc(-c2ccc(N(c3ccc(-c4ccccc4)cc3)c3cccc(-c4cccc(-n5c(-c6ccccc6)c(-c6ccccc6)c6ccccc65)c4)c3)cc2)cc1. The largest absolute Gasteiger partial charge is 0.310 e. The number of nitrogens with zero attached hydrogens (tertiary/aromatic N) is 4. The summed E-state index contributed by atoms with van der Waals surface area (Å²) in [5, 5.41) is 2.46. The Labute approximate surface area is 678 Å². The smallest absolute Gasteiger partial charge is 0.0619 e. The maximum absolute atomic E-state index is 2.44.